The van der Waals surface area contributed by atoms with E-state index in [0.29, 0.717) is 6.42 Å². The van der Waals surface area contributed by atoms with E-state index in [1.807, 2.05) is 6.08 Å². The molecule has 0 rings (SSSR count). The standard InChI is InChI=1S/C50H99N2O6P/c1-3-5-7-9-11-13-15-17-19-21-22-23-24-25-26-28-30-32-34-36-38-40-42-44-50(54)52-48(47-58-59(55,56)57-46-45-51)49(53)43-41-39-37-35-33-31-29-27-20-18-16-14-12-10-8-6-4-2/h33,35,41,43,48-49,53H,3-32,34,36-40,42,44-47,51H2,1-2H3,(H,52,54)(H,55,56)/b35-33+,43-41+. The van der Waals surface area contributed by atoms with Gasteiger partial charge in [-0.05, 0) is 32.1 Å². The maximum Gasteiger partial charge on any atom is 0.472 e. The van der Waals surface area contributed by atoms with Gasteiger partial charge in [0.15, 0.2) is 0 Å². The monoisotopic (exact) mass is 855 g/mol. The number of rotatable bonds is 48. The SMILES string of the molecule is CCCCCCCCCCCCC/C=C/CC/C=C/C(O)C(COP(=O)(O)OCCN)NC(=O)CCCCCCCCCCCCCCCCCCCCCCCCC. The van der Waals surface area contributed by atoms with Crippen LogP contribution >= 0.6 is 7.82 Å². The summed E-state index contributed by atoms with van der Waals surface area (Å²) >= 11 is 0. The minimum Gasteiger partial charge on any atom is -0.387 e. The van der Waals surface area contributed by atoms with E-state index in [1.165, 1.54) is 199 Å². The summed E-state index contributed by atoms with van der Waals surface area (Å²) in [6.07, 6.45) is 55.3. The van der Waals surface area contributed by atoms with Gasteiger partial charge in [0.1, 0.15) is 0 Å². The number of aliphatic hydroxyl groups is 1. The first-order valence-electron chi connectivity index (χ1n) is 25.5. The Kier molecular flexibility index (Phi) is 45.7. The predicted octanol–water partition coefficient (Wildman–Crippen LogP) is 14.9. The van der Waals surface area contributed by atoms with Crippen LogP contribution in [0.2, 0.25) is 0 Å². The smallest absolute Gasteiger partial charge is 0.387 e. The molecule has 0 bridgehead atoms. The van der Waals surface area contributed by atoms with Gasteiger partial charge >= 0.3 is 7.82 Å². The van der Waals surface area contributed by atoms with E-state index in [-0.39, 0.29) is 25.7 Å². The molecule has 0 saturated heterocycles. The van der Waals surface area contributed by atoms with Gasteiger partial charge in [0.2, 0.25) is 5.91 Å². The lowest BCUT2D eigenvalue weighted by molar-refractivity contribution is -0.123. The molecule has 0 aromatic heterocycles. The molecule has 5 N–H and O–H groups in total. The van der Waals surface area contributed by atoms with Crippen LogP contribution in [0.25, 0.3) is 0 Å². The molecular weight excluding hydrogens is 756 g/mol. The Bertz CT molecular complexity index is 979. The van der Waals surface area contributed by atoms with Crippen molar-refractivity contribution in [1.29, 1.82) is 0 Å². The van der Waals surface area contributed by atoms with Crippen molar-refractivity contribution in [3.05, 3.63) is 24.3 Å². The zero-order valence-corrected chi connectivity index (χ0v) is 39.9. The van der Waals surface area contributed by atoms with Crippen molar-refractivity contribution < 1.29 is 28.4 Å². The molecule has 0 heterocycles. The van der Waals surface area contributed by atoms with Crippen molar-refractivity contribution >= 4 is 13.7 Å². The number of hydrogen-bond donors (Lipinski definition) is 4. The topological polar surface area (TPSA) is 131 Å². The number of phosphoric ester groups is 1. The molecule has 0 aromatic rings. The number of amides is 1. The Hall–Kier alpha value is -1.02. The van der Waals surface area contributed by atoms with E-state index in [9.17, 15) is 19.4 Å². The number of carbonyl (C=O) groups excluding carboxylic acids is 1. The number of nitrogens with one attached hydrogen (secondary N) is 1. The molecule has 9 heteroatoms. The first kappa shape index (κ1) is 58.0. The lowest BCUT2D eigenvalue weighted by Crippen LogP contribution is -2.45. The van der Waals surface area contributed by atoms with E-state index in [1.54, 1.807) is 6.08 Å². The Morgan fingerprint density at radius 3 is 1.31 bits per heavy atom. The number of aliphatic hydroxyl groups excluding tert-OH is 1. The van der Waals surface area contributed by atoms with Crippen LogP contribution in [-0.2, 0) is 18.4 Å². The summed E-state index contributed by atoms with van der Waals surface area (Å²) in [5, 5.41) is 13.7. The highest BCUT2D eigenvalue weighted by Crippen LogP contribution is 2.43. The van der Waals surface area contributed by atoms with E-state index in [4.69, 9.17) is 14.8 Å². The van der Waals surface area contributed by atoms with Crippen LogP contribution in [0, 0.1) is 0 Å². The van der Waals surface area contributed by atoms with Crippen molar-refractivity contribution in [1.82, 2.24) is 5.32 Å². The van der Waals surface area contributed by atoms with Crippen molar-refractivity contribution in [2.45, 2.75) is 270 Å². The second-order valence-electron chi connectivity index (χ2n) is 17.4. The van der Waals surface area contributed by atoms with Crippen LogP contribution in [0.4, 0.5) is 0 Å². The molecule has 59 heavy (non-hydrogen) atoms. The molecule has 3 atom stereocenters. The van der Waals surface area contributed by atoms with Gasteiger partial charge in [-0.2, -0.15) is 0 Å². The van der Waals surface area contributed by atoms with Gasteiger partial charge in [0, 0.05) is 13.0 Å². The largest absolute Gasteiger partial charge is 0.472 e. The van der Waals surface area contributed by atoms with Crippen LogP contribution in [0.3, 0.4) is 0 Å². The van der Waals surface area contributed by atoms with Gasteiger partial charge in [0.05, 0.1) is 25.4 Å². The highest BCUT2D eigenvalue weighted by Gasteiger charge is 2.26. The fourth-order valence-electron chi connectivity index (χ4n) is 7.68. The third-order valence-electron chi connectivity index (χ3n) is 11.5. The second kappa shape index (κ2) is 46.5. The fourth-order valence-corrected chi connectivity index (χ4v) is 8.44. The molecule has 0 aliphatic heterocycles. The van der Waals surface area contributed by atoms with Crippen molar-refractivity contribution in [2.75, 3.05) is 19.8 Å². The summed E-state index contributed by atoms with van der Waals surface area (Å²) in [5.74, 6) is -0.199. The van der Waals surface area contributed by atoms with Crippen LogP contribution in [0.5, 0.6) is 0 Å². The predicted molar refractivity (Wildman–Crippen MR) is 254 cm³/mol. The van der Waals surface area contributed by atoms with Crippen LogP contribution in [0.15, 0.2) is 24.3 Å². The van der Waals surface area contributed by atoms with Crippen molar-refractivity contribution in [2.24, 2.45) is 5.73 Å². The van der Waals surface area contributed by atoms with Crippen LogP contribution in [-0.4, -0.2) is 47.8 Å². The zero-order valence-electron chi connectivity index (χ0n) is 39.0. The number of unbranched alkanes of at least 4 members (excludes halogenated alkanes) is 34. The number of carbonyl (C=O) groups is 1. The Morgan fingerprint density at radius 2 is 0.898 bits per heavy atom. The average molecular weight is 855 g/mol. The highest BCUT2D eigenvalue weighted by atomic mass is 31.2. The summed E-state index contributed by atoms with van der Waals surface area (Å²) in [6, 6.07) is -0.873. The molecule has 0 radical (unpaired) electrons. The molecule has 0 aromatic carbocycles. The van der Waals surface area contributed by atoms with Gasteiger partial charge in [-0.3, -0.25) is 13.8 Å². The number of allylic oxidation sites excluding steroid dienone is 3. The van der Waals surface area contributed by atoms with Crippen molar-refractivity contribution in [3.8, 4) is 0 Å². The molecule has 8 nitrogen and oxygen atoms in total. The van der Waals surface area contributed by atoms with Gasteiger partial charge in [-0.25, -0.2) is 4.57 Å². The summed E-state index contributed by atoms with van der Waals surface area (Å²) in [5.41, 5.74) is 5.39. The normalized spacial score (nSPS) is 14.1. The first-order chi connectivity index (χ1) is 28.9. The van der Waals surface area contributed by atoms with Gasteiger partial charge in [-0.15, -0.1) is 0 Å². The number of phosphoric acid groups is 1. The Balaban J connectivity index is 4.08. The number of nitrogens with two attached hydrogens (primary N) is 1. The van der Waals surface area contributed by atoms with Gasteiger partial charge in [0.25, 0.3) is 0 Å². The first-order valence-corrected chi connectivity index (χ1v) is 27.0. The number of hydrogen-bond acceptors (Lipinski definition) is 6. The summed E-state index contributed by atoms with van der Waals surface area (Å²) < 4.78 is 22.2. The molecule has 3 unspecified atom stereocenters. The zero-order chi connectivity index (χ0) is 43.2. The molecular formula is C50H99N2O6P. The van der Waals surface area contributed by atoms with E-state index >= 15 is 0 Å². The van der Waals surface area contributed by atoms with Crippen LogP contribution in [0.1, 0.15) is 258 Å². The molecule has 1 amide bonds. The second-order valence-corrected chi connectivity index (χ2v) is 18.8. The molecule has 0 fully saturated rings. The summed E-state index contributed by atoms with van der Waals surface area (Å²) in [4.78, 5) is 22.8. The molecule has 0 spiro atoms. The van der Waals surface area contributed by atoms with Gasteiger partial charge < -0.3 is 21.1 Å². The van der Waals surface area contributed by atoms with Gasteiger partial charge in [-0.1, -0.05) is 244 Å². The Labute approximate surface area is 366 Å². The lowest BCUT2D eigenvalue weighted by Gasteiger charge is -2.23. The third kappa shape index (κ3) is 44.8. The third-order valence-corrected chi connectivity index (χ3v) is 12.5. The van der Waals surface area contributed by atoms with E-state index in [0.717, 1.165) is 38.5 Å². The lowest BCUT2D eigenvalue weighted by atomic mass is 10.0. The summed E-state index contributed by atoms with van der Waals surface area (Å²) in [6.45, 7) is 4.15. The van der Waals surface area contributed by atoms with E-state index < -0.39 is 20.0 Å². The minimum atomic E-state index is -4.35. The Morgan fingerprint density at radius 1 is 0.542 bits per heavy atom. The van der Waals surface area contributed by atoms with Crippen LogP contribution < -0.4 is 11.1 Å². The quantitative estimate of drug-likeness (QED) is 0.0272. The molecule has 350 valence electrons. The summed E-state index contributed by atoms with van der Waals surface area (Å²) in [7, 11) is -4.35. The highest BCUT2D eigenvalue weighted by molar-refractivity contribution is 7.47. The fraction of sp³-hybridized carbons (Fsp3) is 0.900. The maximum absolute atomic E-state index is 12.8. The maximum atomic E-state index is 12.8. The molecule has 0 aliphatic rings. The minimum absolute atomic E-state index is 0.0761. The van der Waals surface area contributed by atoms with Crippen molar-refractivity contribution in [3.63, 3.8) is 0 Å². The average Bonchev–Trinajstić information content (AvgIpc) is 3.22. The molecule has 0 aliphatic carbocycles. The molecule has 0 saturated carbocycles. The van der Waals surface area contributed by atoms with E-state index in [2.05, 4.69) is 31.3 Å².